The SMILES string of the molecule is CCO[Si](OCC)(OCC)C(S)(S)C(S)(S)CC. The number of hydrogen-bond acceptors (Lipinski definition) is 7. The Morgan fingerprint density at radius 3 is 1.33 bits per heavy atom. The molecule has 0 N–H and O–H groups in total. The zero-order valence-corrected chi connectivity index (χ0v) is 15.9. The van der Waals surface area contributed by atoms with Crippen LogP contribution in [0, 0.1) is 0 Å². The van der Waals surface area contributed by atoms with Crippen LogP contribution >= 0.6 is 50.5 Å². The Labute approximate surface area is 134 Å². The van der Waals surface area contributed by atoms with E-state index in [0.29, 0.717) is 26.2 Å². The minimum atomic E-state index is -3.10. The predicted octanol–water partition coefficient (Wildman–Crippen LogP) is 3.10. The minimum absolute atomic E-state index is 0.469. The number of hydrogen-bond donors (Lipinski definition) is 4. The van der Waals surface area contributed by atoms with E-state index in [1.807, 2.05) is 27.7 Å². The molecule has 0 fully saturated rings. The first-order valence-corrected chi connectivity index (χ1v) is 9.57. The summed E-state index contributed by atoms with van der Waals surface area (Å²) < 4.78 is 15.7. The molecule has 0 rings (SSSR count). The van der Waals surface area contributed by atoms with Crippen LogP contribution in [0.2, 0.25) is 0 Å². The molecular weight excluding hydrogens is 324 g/mol. The second-order valence-electron chi connectivity index (χ2n) is 3.70. The first kappa shape index (κ1) is 19.5. The summed E-state index contributed by atoms with van der Waals surface area (Å²) in [5.74, 6) is 0. The molecule has 0 radical (unpaired) electrons. The highest BCUT2D eigenvalue weighted by Gasteiger charge is 2.65. The molecule has 0 unspecified atom stereocenters. The first-order valence-electron chi connectivity index (χ1n) is 6.05. The Morgan fingerprint density at radius 1 is 0.778 bits per heavy atom. The van der Waals surface area contributed by atoms with Crippen molar-refractivity contribution in [2.24, 2.45) is 0 Å². The van der Waals surface area contributed by atoms with E-state index in [1.165, 1.54) is 0 Å². The van der Waals surface area contributed by atoms with E-state index >= 15 is 0 Å². The van der Waals surface area contributed by atoms with Crippen molar-refractivity contribution in [3.8, 4) is 0 Å². The summed E-state index contributed by atoms with van der Waals surface area (Å²) in [7, 11) is -3.10. The Morgan fingerprint density at radius 2 is 1.11 bits per heavy atom. The van der Waals surface area contributed by atoms with Crippen molar-refractivity contribution in [2.75, 3.05) is 19.8 Å². The van der Waals surface area contributed by atoms with Crippen molar-refractivity contribution in [2.45, 2.75) is 41.9 Å². The van der Waals surface area contributed by atoms with Gasteiger partial charge in [0.05, 0.1) is 4.08 Å². The quantitative estimate of drug-likeness (QED) is 0.293. The summed E-state index contributed by atoms with van der Waals surface area (Å²) in [6.07, 6.45) is 0.647. The number of thiol groups is 4. The van der Waals surface area contributed by atoms with Crippen molar-refractivity contribution < 1.29 is 13.3 Å². The van der Waals surface area contributed by atoms with E-state index in [0.717, 1.165) is 0 Å². The maximum atomic E-state index is 5.81. The van der Waals surface area contributed by atoms with Gasteiger partial charge in [-0.25, -0.2) is 0 Å². The van der Waals surface area contributed by atoms with Gasteiger partial charge in [0.2, 0.25) is 0 Å². The minimum Gasteiger partial charge on any atom is -0.372 e. The molecule has 18 heavy (non-hydrogen) atoms. The van der Waals surface area contributed by atoms with Crippen LogP contribution in [0.1, 0.15) is 34.1 Å². The van der Waals surface area contributed by atoms with Gasteiger partial charge in [0, 0.05) is 19.8 Å². The van der Waals surface area contributed by atoms with Gasteiger partial charge >= 0.3 is 8.80 Å². The summed E-state index contributed by atoms with van der Waals surface area (Å²) in [4.78, 5) is 0. The van der Waals surface area contributed by atoms with Crippen LogP contribution in [0.4, 0.5) is 0 Å². The second-order valence-corrected chi connectivity index (χ2v) is 10.8. The highest BCUT2D eigenvalue weighted by Crippen LogP contribution is 2.50. The van der Waals surface area contributed by atoms with E-state index < -0.39 is 16.6 Å². The van der Waals surface area contributed by atoms with Crippen LogP contribution in [0.5, 0.6) is 0 Å². The maximum Gasteiger partial charge on any atom is 0.530 e. The van der Waals surface area contributed by atoms with Crippen LogP contribution in [0.15, 0.2) is 0 Å². The highest BCUT2D eigenvalue weighted by atomic mass is 32.2. The summed E-state index contributed by atoms with van der Waals surface area (Å²) in [5, 5.41) is 0. The molecule has 0 amide bonds. The second kappa shape index (κ2) is 8.07. The van der Waals surface area contributed by atoms with Crippen molar-refractivity contribution in [3.05, 3.63) is 0 Å². The third-order valence-corrected chi connectivity index (χ3v) is 10.6. The average Bonchev–Trinajstić information content (AvgIpc) is 2.29. The molecule has 8 heteroatoms. The molecule has 0 atom stereocenters. The summed E-state index contributed by atoms with van der Waals surface area (Å²) in [6, 6.07) is 0. The van der Waals surface area contributed by atoms with Crippen molar-refractivity contribution in [1.82, 2.24) is 0 Å². The van der Waals surface area contributed by atoms with Gasteiger partial charge in [-0.3, -0.25) is 0 Å². The molecule has 0 aliphatic carbocycles. The molecule has 3 nitrogen and oxygen atoms in total. The third-order valence-electron chi connectivity index (χ3n) is 2.48. The van der Waals surface area contributed by atoms with Gasteiger partial charge < -0.3 is 13.3 Å². The summed E-state index contributed by atoms with van der Waals surface area (Å²) in [5.41, 5.74) is 0. The zero-order valence-electron chi connectivity index (χ0n) is 11.3. The monoisotopic (exact) mass is 348 g/mol. The third kappa shape index (κ3) is 4.00. The van der Waals surface area contributed by atoms with Gasteiger partial charge in [-0.15, -0.1) is 0 Å². The normalized spacial score (nSPS) is 14.0. The molecule has 0 aromatic carbocycles. The Hall–Kier alpha value is 1.50. The van der Waals surface area contributed by atoms with Gasteiger partial charge in [-0.1, -0.05) is 6.92 Å². The lowest BCUT2D eigenvalue weighted by Crippen LogP contribution is -2.66. The van der Waals surface area contributed by atoms with Crippen LogP contribution in [-0.2, 0) is 13.3 Å². The highest BCUT2D eigenvalue weighted by molar-refractivity contribution is 8.10. The Bertz CT molecular complexity index is 234. The Balaban J connectivity index is 5.50. The molecule has 0 heterocycles. The number of rotatable bonds is 9. The van der Waals surface area contributed by atoms with E-state index in [4.69, 9.17) is 13.3 Å². The Kier molecular flexibility index (Phi) is 8.74. The largest absolute Gasteiger partial charge is 0.530 e. The van der Waals surface area contributed by atoms with Crippen LogP contribution in [0.3, 0.4) is 0 Å². The van der Waals surface area contributed by atoms with Crippen LogP contribution in [-0.4, -0.2) is 36.4 Å². The lowest BCUT2D eigenvalue weighted by Gasteiger charge is -2.46. The molecule has 0 aliphatic heterocycles. The van der Waals surface area contributed by atoms with E-state index in [1.54, 1.807) is 0 Å². The lowest BCUT2D eigenvalue weighted by molar-refractivity contribution is 0.0659. The zero-order chi connectivity index (χ0) is 14.4. The van der Waals surface area contributed by atoms with E-state index in [9.17, 15) is 0 Å². The summed E-state index contributed by atoms with van der Waals surface area (Å²) in [6.45, 7) is 9.04. The van der Waals surface area contributed by atoms with Crippen molar-refractivity contribution in [3.63, 3.8) is 0 Å². The lowest BCUT2D eigenvalue weighted by atomic mass is 10.3. The molecule has 0 bridgehead atoms. The molecule has 0 spiro atoms. The van der Waals surface area contributed by atoms with E-state index in [2.05, 4.69) is 50.5 Å². The standard InChI is InChI=1S/C10H24O3S4Si/c1-5-9(14,15)10(16,17)18(11-6-2,12-7-3)13-8-4/h14-17H,5-8H2,1-4H3. The maximum absolute atomic E-state index is 5.81. The fourth-order valence-electron chi connectivity index (χ4n) is 1.49. The molecule has 0 saturated heterocycles. The van der Waals surface area contributed by atoms with Gasteiger partial charge in [0.15, 0.2) is 0 Å². The van der Waals surface area contributed by atoms with Gasteiger partial charge in [-0.05, 0) is 27.2 Å². The molecule has 0 aromatic heterocycles. The smallest absolute Gasteiger partial charge is 0.372 e. The fourth-order valence-corrected chi connectivity index (χ4v) is 6.45. The predicted molar refractivity (Wildman–Crippen MR) is 92.3 cm³/mol. The topological polar surface area (TPSA) is 27.7 Å². The molecular formula is C10H24O3S4Si. The molecule has 0 aromatic rings. The first-order chi connectivity index (χ1) is 8.24. The molecule has 0 saturated carbocycles. The van der Waals surface area contributed by atoms with Gasteiger partial charge in [0.1, 0.15) is 3.70 Å². The van der Waals surface area contributed by atoms with Gasteiger partial charge in [-0.2, -0.15) is 50.5 Å². The van der Waals surface area contributed by atoms with Crippen LogP contribution in [0.25, 0.3) is 0 Å². The van der Waals surface area contributed by atoms with Crippen LogP contribution < -0.4 is 0 Å². The van der Waals surface area contributed by atoms with Crippen molar-refractivity contribution in [1.29, 1.82) is 0 Å². The molecule has 110 valence electrons. The van der Waals surface area contributed by atoms with E-state index in [-0.39, 0.29) is 0 Å². The summed E-state index contributed by atoms with van der Waals surface area (Å²) >= 11 is 18.3. The van der Waals surface area contributed by atoms with Crippen molar-refractivity contribution >= 4 is 59.3 Å². The molecule has 0 aliphatic rings. The average molecular weight is 349 g/mol. The van der Waals surface area contributed by atoms with Gasteiger partial charge in [0.25, 0.3) is 0 Å². The fraction of sp³-hybridized carbons (Fsp3) is 1.00.